The number of carbonyl (C=O) groups excluding carboxylic acids is 1. The second-order valence-electron chi connectivity index (χ2n) is 2.95. The lowest BCUT2D eigenvalue weighted by atomic mass is 10.1. The molecule has 0 amide bonds. The van der Waals surface area contributed by atoms with Crippen molar-refractivity contribution in [1.29, 1.82) is 0 Å². The second kappa shape index (κ2) is 4.62. The zero-order valence-electron chi connectivity index (χ0n) is 7.83. The molecule has 0 atom stereocenters. The summed E-state index contributed by atoms with van der Waals surface area (Å²) in [6.45, 7) is 5.04. The van der Waals surface area contributed by atoms with Crippen molar-refractivity contribution in [3.8, 4) is 0 Å². The number of rotatable bonds is 4. The van der Waals surface area contributed by atoms with E-state index in [1.165, 1.54) is 11.1 Å². The molecule has 0 bridgehead atoms. The van der Waals surface area contributed by atoms with Crippen LogP contribution < -0.4 is 5.48 Å². The minimum absolute atomic E-state index is 0.376. The van der Waals surface area contributed by atoms with Crippen LogP contribution >= 0.6 is 0 Å². The summed E-state index contributed by atoms with van der Waals surface area (Å²) < 4.78 is 0. The van der Waals surface area contributed by atoms with E-state index in [1.807, 2.05) is 12.1 Å². The maximum Gasteiger partial charge on any atom is 0.312 e. The van der Waals surface area contributed by atoms with E-state index in [1.54, 1.807) is 0 Å². The molecule has 1 N–H and O–H groups in total. The van der Waals surface area contributed by atoms with E-state index in [4.69, 9.17) is 0 Å². The van der Waals surface area contributed by atoms with Gasteiger partial charge in [-0.25, -0.2) is 0 Å². The molecular formula is C10H13NO2. The van der Waals surface area contributed by atoms with Crippen molar-refractivity contribution in [2.24, 2.45) is 0 Å². The standard InChI is InChI=1S/C10H13NO2/c1-8-3-4-10(5-9(8)2)6-11-13-7-12/h3-5,7,11H,6H2,1-2H3. The van der Waals surface area contributed by atoms with Gasteiger partial charge in [-0.15, -0.1) is 5.48 Å². The number of hydroxylamine groups is 1. The topological polar surface area (TPSA) is 38.3 Å². The van der Waals surface area contributed by atoms with Crippen LogP contribution in [0.3, 0.4) is 0 Å². The van der Waals surface area contributed by atoms with Gasteiger partial charge in [-0.05, 0) is 30.5 Å². The molecule has 3 heteroatoms. The Morgan fingerprint density at radius 3 is 2.77 bits per heavy atom. The number of carbonyl (C=O) groups is 1. The SMILES string of the molecule is Cc1ccc(CNOC=O)cc1C. The van der Waals surface area contributed by atoms with Crippen LogP contribution in [0, 0.1) is 13.8 Å². The van der Waals surface area contributed by atoms with Gasteiger partial charge in [0, 0.05) is 0 Å². The lowest BCUT2D eigenvalue weighted by Gasteiger charge is -2.04. The normalized spacial score (nSPS) is 9.69. The third kappa shape index (κ3) is 2.87. The molecule has 1 rings (SSSR count). The van der Waals surface area contributed by atoms with Crippen LogP contribution in [-0.2, 0) is 16.2 Å². The Morgan fingerprint density at radius 1 is 1.38 bits per heavy atom. The fourth-order valence-electron chi connectivity index (χ4n) is 1.07. The van der Waals surface area contributed by atoms with Gasteiger partial charge in [-0.2, -0.15) is 0 Å². The number of hydrogen-bond acceptors (Lipinski definition) is 3. The number of benzene rings is 1. The molecule has 0 saturated heterocycles. The summed E-state index contributed by atoms with van der Waals surface area (Å²) in [7, 11) is 0. The zero-order chi connectivity index (χ0) is 9.68. The predicted octanol–water partition coefficient (Wildman–Crippen LogP) is 1.48. The van der Waals surface area contributed by atoms with Crippen LogP contribution in [0.1, 0.15) is 16.7 Å². The average molecular weight is 179 g/mol. The average Bonchev–Trinajstić information content (AvgIpc) is 2.12. The van der Waals surface area contributed by atoms with Crippen LogP contribution in [0.2, 0.25) is 0 Å². The van der Waals surface area contributed by atoms with Crippen molar-refractivity contribution < 1.29 is 9.63 Å². The number of aryl methyl sites for hydroxylation is 2. The summed E-state index contributed by atoms with van der Waals surface area (Å²) in [5.41, 5.74) is 6.14. The van der Waals surface area contributed by atoms with E-state index in [9.17, 15) is 4.79 Å². The smallest absolute Gasteiger partial charge is 0.312 e. The van der Waals surface area contributed by atoms with Crippen molar-refractivity contribution in [2.75, 3.05) is 0 Å². The minimum Gasteiger partial charge on any atom is -0.373 e. The summed E-state index contributed by atoms with van der Waals surface area (Å²) in [6, 6.07) is 6.12. The van der Waals surface area contributed by atoms with Gasteiger partial charge in [0.05, 0.1) is 6.54 Å². The van der Waals surface area contributed by atoms with Gasteiger partial charge in [0.25, 0.3) is 0 Å². The van der Waals surface area contributed by atoms with Gasteiger partial charge in [0.2, 0.25) is 0 Å². The van der Waals surface area contributed by atoms with Crippen molar-refractivity contribution in [1.82, 2.24) is 5.48 Å². The molecule has 0 aromatic heterocycles. The van der Waals surface area contributed by atoms with Crippen molar-refractivity contribution in [3.63, 3.8) is 0 Å². The monoisotopic (exact) mass is 179 g/mol. The van der Waals surface area contributed by atoms with Gasteiger partial charge in [-0.1, -0.05) is 18.2 Å². The molecule has 0 aliphatic carbocycles. The summed E-state index contributed by atoms with van der Waals surface area (Å²) in [5.74, 6) is 0. The fraction of sp³-hybridized carbons (Fsp3) is 0.300. The van der Waals surface area contributed by atoms with Gasteiger partial charge in [0.1, 0.15) is 0 Å². The van der Waals surface area contributed by atoms with Gasteiger partial charge in [0.15, 0.2) is 0 Å². The van der Waals surface area contributed by atoms with Gasteiger partial charge >= 0.3 is 6.47 Å². The third-order valence-corrected chi connectivity index (χ3v) is 1.98. The summed E-state index contributed by atoms with van der Waals surface area (Å²) in [6.07, 6.45) is 0. The Morgan fingerprint density at radius 2 is 2.15 bits per heavy atom. The maximum absolute atomic E-state index is 9.83. The first-order valence-electron chi connectivity index (χ1n) is 4.12. The largest absolute Gasteiger partial charge is 0.373 e. The molecule has 0 radical (unpaired) electrons. The lowest BCUT2D eigenvalue weighted by molar-refractivity contribution is -0.135. The fourth-order valence-corrected chi connectivity index (χ4v) is 1.07. The first-order chi connectivity index (χ1) is 6.24. The third-order valence-electron chi connectivity index (χ3n) is 1.98. The second-order valence-corrected chi connectivity index (χ2v) is 2.95. The molecule has 3 nitrogen and oxygen atoms in total. The van der Waals surface area contributed by atoms with Gasteiger partial charge < -0.3 is 4.84 Å². The van der Waals surface area contributed by atoms with Gasteiger partial charge in [-0.3, -0.25) is 4.79 Å². The summed E-state index contributed by atoms with van der Waals surface area (Å²) in [5, 5.41) is 0. The highest BCUT2D eigenvalue weighted by Gasteiger charge is 1.95. The molecule has 0 saturated carbocycles. The first-order valence-corrected chi connectivity index (χ1v) is 4.12. The molecule has 0 heterocycles. The maximum atomic E-state index is 9.83. The Balaban J connectivity index is 2.57. The van der Waals surface area contributed by atoms with Crippen LogP contribution in [0.5, 0.6) is 0 Å². The van der Waals surface area contributed by atoms with E-state index in [2.05, 4.69) is 30.2 Å². The minimum atomic E-state index is 0.376. The zero-order valence-corrected chi connectivity index (χ0v) is 7.83. The van der Waals surface area contributed by atoms with Crippen molar-refractivity contribution in [2.45, 2.75) is 20.4 Å². The quantitative estimate of drug-likeness (QED) is 0.432. The van der Waals surface area contributed by atoms with Crippen LogP contribution in [0.4, 0.5) is 0 Å². The van der Waals surface area contributed by atoms with Crippen LogP contribution in [0.15, 0.2) is 18.2 Å². The van der Waals surface area contributed by atoms with Crippen LogP contribution in [-0.4, -0.2) is 6.47 Å². The highest BCUT2D eigenvalue weighted by atomic mass is 16.7. The number of nitrogens with one attached hydrogen (secondary N) is 1. The number of hydrogen-bond donors (Lipinski definition) is 1. The Kier molecular flexibility index (Phi) is 3.46. The van der Waals surface area contributed by atoms with Crippen molar-refractivity contribution >= 4 is 6.47 Å². The lowest BCUT2D eigenvalue weighted by Crippen LogP contribution is -2.12. The Labute approximate surface area is 77.7 Å². The molecular weight excluding hydrogens is 166 g/mol. The predicted molar refractivity (Wildman–Crippen MR) is 49.9 cm³/mol. The van der Waals surface area contributed by atoms with Crippen LogP contribution in [0.25, 0.3) is 0 Å². The van der Waals surface area contributed by atoms with E-state index >= 15 is 0 Å². The molecule has 0 aliphatic heterocycles. The molecule has 1 aromatic rings. The van der Waals surface area contributed by atoms with E-state index in [-0.39, 0.29) is 0 Å². The Bertz CT molecular complexity index is 297. The molecule has 0 aliphatic rings. The molecule has 70 valence electrons. The van der Waals surface area contributed by atoms with E-state index in [0.717, 1.165) is 5.56 Å². The first kappa shape index (κ1) is 9.74. The summed E-state index contributed by atoms with van der Waals surface area (Å²) >= 11 is 0. The molecule has 13 heavy (non-hydrogen) atoms. The highest BCUT2D eigenvalue weighted by molar-refractivity contribution is 5.36. The molecule has 0 unspecified atom stereocenters. The summed E-state index contributed by atoms with van der Waals surface area (Å²) in [4.78, 5) is 14.2. The van der Waals surface area contributed by atoms with E-state index in [0.29, 0.717) is 13.0 Å². The molecule has 0 spiro atoms. The van der Waals surface area contributed by atoms with Crippen molar-refractivity contribution in [3.05, 3.63) is 34.9 Å². The highest BCUT2D eigenvalue weighted by Crippen LogP contribution is 2.09. The van der Waals surface area contributed by atoms with E-state index < -0.39 is 0 Å². The molecule has 0 fully saturated rings. The Hall–Kier alpha value is -1.35. The molecule has 1 aromatic carbocycles.